The molecule has 0 fully saturated rings. The van der Waals surface area contributed by atoms with Crippen LogP contribution in [-0.4, -0.2) is 56.3 Å². The fraction of sp³-hybridized carbons (Fsp3) is 0.167. The Kier molecular flexibility index (Phi) is 8.35. The molecule has 7 N–H and O–H groups in total. The van der Waals surface area contributed by atoms with Gasteiger partial charge in [-0.15, -0.1) is 0 Å². The molecule has 0 radical (unpaired) electrons. The Morgan fingerprint density at radius 1 is 0.917 bits per heavy atom. The lowest BCUT2D eigenvalue weighted by Crippen LogP contribution is -2.48. The van der Waals surface area contributed by atoms with Crippen molar-refractivity contribution in [2.75, 3.05) is 13.1 Å². The van der Waals surface area contributed by atoms with E-state index in [0.29, 0.717) is 21.9 Å². The minimum absolute atomic E-state index is 0.0292. The van der Waals surface area contributed by atoms with Crippen LogP contribution in [0.15, 0.2) is 71.6 Å². The number of nitrogen functional groups attached to an aromatic ring is 1. The standard InChI is InChI=1S/C24H25N5O6S/c25-22(26)16-8-10-17(11-9-16)23(31)27-13-12-21(30)28-14-19(24(32)33)29-36(34,35)20-7-3-5-15-4-1-2-6-18(15)20/h1-11,19,29H,12-14H2,(H3,25,26)(H,27,31)(H,28,30)(H,32,33)/t19-/m0/s1. The van der Waals surface area contributed by atoms with Crippen LogP contribution in [0.25, 0.3) is 10.8 Å². The Bertz CT molecular complexity index is 1400. The summed E-state index contributed by atoms with van der Waals surface area (Å²) in [6.07, 6.45) is -0.153. The number of benzene rings is 3. The quantitative estimate of drug-likeness (QED) is 0.162. The van der Waals surface area contributed by atoms with Gasteiger partial charge in [-0.1, -0.05) is 48.5 Å². The van der Waals surface area contributed by atoms with Crippen LogP contribution in [0.1, 0.15) is 22.3 Å². The van der Waals surface area contributed by atoms with E-state index in [2.05, 4.69) is 15.4 Å². The summed E-state index contributed by atoms with van der Waals surface area (Å²) in [6, 6.07) is 15.9. The summed E-state index contributed by atoms with van der Waals surface area (Å²) in [4.78, 5) is 35.9. The molecule has 0 aliphatic carbocycles. The number of nitrogens with two attached hydrogens (primary N) is 1. The maximum Gasteiger partial charge on any atom is 0.323 e. The maximum absolute atomic E-state index is 12.9. The second-order valence-electron chi connectivity index (χ2n) is 7.79. The van der Waals surface area contributed by atoms with Gasteiger partial charge in [0.05, 0.1) is 4.90 Å². The van der Waals surface area contributed by atoms with Crippen molar-refractivity contribution in [3.05, 3.63) is 77.9 Å². The summed E-state index contributed by atoms with van der Waals surface area (Å²) in [5.41, 5.74) is 6.15. The van der Waals surface area contributed by atoms with Crippen molar-refractivity contribution in [3.63, 3.8) is 0 Å². The fourth-order valence-electron chi connectivity index (χ4n) is 3.36. The molecule has 0 bridgehead atoms. The van der Waals surface area contributed by atoms with Crippen molar-refractivity contribution < 1.29 is 27.9 Å². The number of hydrogen-bond acceptors (Lipinski definition) is 6. The van der Waals surface area contributed by atoms with Gasteiger partial charge in [0.1, 0.15) is 11.9 Å². The SMILES string of the molecule is N=C(N)c1ccc(C(=O)NCCC(=O)NC[C@H](NS(=O)(=O)c2cccc3ccccc23)C(=O)O)cc1. The molecule has 11 nitrogen and oxygen atoms in total. The van der Waals surface area contributed by atoms with Crippen molar-refractivity contribution in [3.8, 4) is 0 Å². The molecule has 0 saturated heterocycles. The summed E-state index contributed by atoms with van der Waals surface area (Å²) in [7, 11) is -4.21. The predicted octanol–water partition coefficient (Wildman–Crippen LogP) is 0.792. The number of hydrogen-bond donors (Lipinski definition) is 6. The van der Waals surface area contributed by atoms with Gasteiger partial charge >= 0.3 is 5.97 Å². The van der Waals surface area contributed by atoms with Crippen LogP contribution in [0.5, 0.6) is 0 Å². The molecule has 1 atom stereocenters. The van der Waals surface area contributed by atoms with Gasteiger partial charge in [0.25, 0.3) is 5.91 Å². The van der Waals surface area contributed by atoms with E-state index in [1.165, 1.54) is 30.3 Å². The molecule has 36 heavy (non-hydrogen) atoms. The van der Waals surface area contributed by atoms with E-state index in [0.717, 1.165) is 0 Å². The van der Waals surface area contributed by atoms with Crippen LogP contribution in [0, 0.1) is 5.41 Å². The lowest BCUT2D eigenvalue weighted by Gasteiger charge is -2.16. The topological polar surface area (TPSA) is 192 Å². The highest BCUT2D eigenvalue weighted by Crippen LogP contribution is 2.22. The Morgan fingerprint density at radius 3 is 2.22 bits per heavy atom. The zero-order valence-corrected chi connectivity index (χ0v) is 19.8. The normalized spacial score (nSPS) is 12.0. The van der Waals surface area contributed by atoms with E-state index in [-0.39, 0.29) is 23.7 Å². The number of fused-ring (bicyclic) bond motifs is 1. The third-order valence-electron chi connectivity index (χ3n) is 5.23. The summed E-state index contributed by atoms with van der Waals surface area (Å²) in [5.74, 6) is -2.60. The number of carboxylic acid groups (broad SMARTS) is 1. The number of nitrogens with one attached hydrogen (secondary N) is 4. The van der Waals surface area contributed by atoms with Gasteiger partial charge in [-0.2, -0.15) is 4.72 Å². The lowest BCUT2D eigenvalue weighted by molar-refractivity contribution is -0.138. The molecule has 0 aliphatic heterocycles. The first-order chi connectivity index (χ1) is 17.1. The van der Waals surface area contributed by atoms with Gasteiger partial charge in [-0.05, 0) is 23.6 Å². The smallest absolute Gasteiger partial charge is 0.323 e. The van der Waals surface area contributed by atoms with Crippen molar-refractivity contribution in [2.45, 2.75) is 17.4 Å². The fourth-order valence-corrected chi connectivity index (χ4v) is 4.78. The number of aliphatic carboxylic acids is 1. The Morgan fingerprint density at radius 2 is 1.56 bits per heavy atom. The highest BCUT2D eigenvalue weighted by molar-refractivity contribution is 7.89. The largest absolute Gasteiger partial charge is 0.480 e. The first-order valence-electron chi connectivity index (χ1n) is 10.8. The summed E-state index contributed by atoms with van der Waals surface area (Å²) < 4.78 is 27.9. The van der Waals surface area contributed by atoms with Crippen molar-refractivity contribution in [1.29, 1.82) is 5.41 Å². The van der Waals surface area contributed by atoms with E-state index in [1.54, 1.807) is 36.4 Å². The third-order valence-corrected chi connectivity index (χ3v) is 6.76. The van der Waals surface area contributed by atoms with Gasteiger partial charge in [0.15, 0.2) is 0 Å². The molecule has 2 amide bonds. The lowest BCUT2D eigenvalue weighted by atomic mass is 10.1. The number of amides is 2. The molecule has 12 heteroatoms. The van der Waals surface area contributed by atoms with Crippen LogP contribution in [0.4, 0.5) is 0 Å². The van der Waals surface area contributed by atoms with Gasteiger partial charge in [0.2, 0.25) is 15.9 Å². The zero-order valence-electron chi connectivity index (χ0n) is 19.0. The van der Waals surface area contributed by atoms with E-state index in [9.17, 15) is 27.9 Å². The molecule has 0 spiro atoms. The Labute approximate surface area is 207 Å². The molecule has 3 aromatic rings. The first-order valence-corrected chi connectivity index (χ1v) is 12.3. The van der Waals surface area contributed by atoms with Crippen molar-refractivity contribution in [1.82, 2.24) is 15.4 Å². The highest BCUT2D eigenvalue weighted by Gasteiger charge is 2.27. The van der Waals surface area contributed by atoms with Gasteiger partial charge in [-0.25, -0.2) is 8.42 Å². The molecule has 3 aromatic carbocycles. The van der Waals surface area contributed by atoms with E-state index in [4.69, 9.17) is 11.1 Å². The van der Waals surface area contributed by atoms with E-state index < -0.39 is 40.4 Å². The Balaban J connectivity index is 1.54. The van der Waals surface area contributed by atoms with E-state index in [1.807, 2.05) is 0 Å². The van der Waals surface area contributed by atoms with Crippen LogP contribution in [0.2, 0.25) is 0 Å². The minimum Gasteiger partial charge on any atom is -0.480 e. The molecule has 0 unspecified atom stereocenters. The molecular weight excluding hydrogens is 486 g/mol. The average Bonchev–Trinajstić information content (AvgIpc) is 2.85. The monoisotopic (exact) mass is 511 g/mol. The Hall–Kier alpha value is -4.29. The second kappa shape index (κ2) is 11.4. The molecule has 3 rings (SSSR count). The minimum atomic E-state index is -4.21. The number of carboxylic acids is 1. The van der Waals surface area contributed by atoms with Crippen molar-refractivity contribution in [2.24, 2.45) is 5.73 Å². The molecule has 0 aromatic heterocycles. The summed E-state index contributed by atoms with van der Waals surface area (Å²) in [6.45, 7) is -0.517. The second-order valence-corrected chi connectivity index (χ2v) is 9.47. The van der Waals surface area contributed by atoms with Crippen LogP contribution >= 0.6 is 0 Å². The molecule has 0 aliphatic rings. The summed E-state index contributed by atoms with van der Waals surface area (Å²) in [5, 5.41) is 22.9. The van der Waals surface area contributed by atoms with Crippen molar-refractivity contribution >= 4 is 44.4 Å². The van der Waals surface area contributed by atoms with Gasteiger partial charge in [0, 0.05) is 36.0 Å². The van der Waals surface area contributed by atoms with Gasteiger partial charge < -0.3 is 21.5 Å². The van der Waals surface area contributed by atoms with Crippen LogP contribution in [-0.2, 0) is 19.6 Å². The summed E-state index contributed by atoms with van der Waals surface area (Å²) >= 11 is 0. The maximum atomic E-state index is 12.9. The number of rotatable bonds is 11. The third kappa shape index (κ3) is 6.64. The number of sulfonamides is 1. The first kappa shape index (κ1) is 26.3. The molecule has 0 heterocycles. The predicted molar refractivity (Wildman–Crippen MR) is 133 cm³/mol. The number of amidine groups is 1. The van der Waals surface area contributed by atoms with Gasteiger partial charge in [-0.3, -0.25) is 19.8 Å². The van der Waals surface area contributed by atoms with Crippen LogP contribution in [0.3, 0.4) is 0 Å². The molecule has 0 saturated carbocycles. The molecule has 188 valence electrons. The van der Waals surface area contributed by atoms with Crippen LogP contribution < -0.4 is 21.1 Å². The number of carbonyl (C=O) groups excluding carboxylic acids is 2. The molecular formula is C24H25N5O6S. The average molecular weight is 512 g/mol. The van der Waals surface area contributed by atoms with E-state index >= 15 is 0 Å². The zero-order chi connectivity index (χ0) is 26.3. The number of carbonyl (C=O) groups is 3. The highest BCUT2D eigenvalue weighted by atomic mass is 32.2.